The van der Waals surface area contributed by atoms with Gasteiger partial charge in [-0.15, -0.1) is 0 Å². The summed E-state index contributed by atoms with van der Waals surface area (Å²) in [5.41, 5.74) is 4.11. The summed E-state index contributed by atoms with van der Waals surface area (Å²) in [7, 11) is 0. The molecule has 1 atom stereocenters. The summed E-state index contributed by atoms with van der Waals surface area (Å²) < 4.78 is 14.9. The molecule has 21 heavy (non-hydrogen) atoms. The topological polar surface area (TPSA) is 41.3 Å². The molecule has 1 saturated heterocycles. The Morgan fingerprint density at radius 1 is 1.29 bits per heavy atom. The van der Waals surface area contributed by atoms with Crippen LogP contribution in [0.25, 0.3) is 5.69 Å². The lowest BCUT2D eigenvalue weighted by Gasteiger charge is -2.15. The smallest absolute Gasteiger partial charge is 0.123 e. The summed E-state index contributed by atoms with van der Waals surface area (Å²) in [6.45, 7) is 6.47. The molecule has 0 saturated carbocycles. The Balaban J connectivity index is 1.87. The zero-order valence-corrected chi connectivity index (χ0v) is 12.4. The minimum atomic E-state index is -0.244. The molecule has 2 heterocycles. The third-order valence-electron chi connectivity index (χ3n) is 4.14. The molecule has 0 bridgehead atoms. The first-order valence-corrected chi connectivity index (χ1v) is 7.26. The van der Waals surface area contributed by atoms with Crippen LogP contribution >= 0.6 is 0 Å². The van der Waals surface area contributed by atoms with Crippen LogP contribution in [0.2, 0.25) is 0 Å². The van der Waals surface area contributed by atoms with E-state index in [1.165, 1.54) is 17.7 Å². The van der Waals surface area contributed by atoms with Gasteiger partial charge in [0.05, 0.1) is 17.5 Å². The van der Waals surface area contributed by atoms with Gasteiger partial charge in [-0.1, -0.05) is 0 Å². The van der Waals surface area contributed by atoms with Crippen LogP contribution in [0.15, 0.2) is 24.3 Å². The first-order valence-electron chi connectivity index (χ1n) is 7.26. The molecule has 1 aromatic heterocycles. The van der Waals surface area contributed by atoms with E-state index in [0.29, 0.717) is 0 Å². The highest BCUT2D eigenvalue weighted by Gasteiger charge is 2.23. The van der Waals surface area contributed by atoms with Crippen LogP contribution in [-0.4, -0.2) is 39.0 Å². The third kappa shape index (κ3) is 2.84. The molecule has 1 fully saturated rings. The minimum absolute atomic E-state index is 0.210. The number of nitrogens with zero attached hydrogens (tertiary/aromatic N) is 3. The van der Waals surface area contributed by atoms with Gasteiger partial charge in [-0.05, 0) is 44.5 Å². The quantitative estimate of drug-likeness (QED) is 0.942. The lowest BCUT2D eigenvalue weighted by Crippen LogP contribution is -2.22. The second-order valence-corrected chi connectivity index (χ2v) is 5.72. The van der Waals surface area contributed by atoms with Crippen molar-refractivity contribution in [3.63, 3.8) is 0 Å². The van der Waals surface area contributed by atoms with E-state index >= 15 is 0 Å². The number of benzene rings is 1. The summed E-state index contributed by atoms with van der Waals surface area (Å²) in [6.07, 6.45) is 0.627. The van der Waals surface area contributed by atoms with E-state index in [4.69, 9.17) is 0 Å². The normalized spacial score (nSPS) is 19.3. The number of aliphatic hydroxyl groups is 1. The minimum Gasteiger partial charge on any atom is -0.392 e. The van der Waals surface area contributed by atoms with Crippen molar-refractivity contribution >= 4 is 0 Å². The standard InChI is InChI=1S/C16H20FN3O/c1-11-16(10-19-8-7-15(21)9-19)12(2)20(18-11)14-5-3-13(17)4-6-14/h3-6,15,21H,7-10H2,1-2H3/t15-/m1/s1. The molecule has 1 aliphatic heterocycles. The van der Waals surface area contributed by atoms with Crippen molar-refractivity contribution in [3.05, 3.63) is 47.0 Å². The zero-order valence-electron chi connectivity index (χ0n) is 12.4. The molecule has 2 aromatic rings. The Morgan fingerprint density at radius 3 is 2.62 bits per heavy atom. The number of aromatic nitrogens is 2. The highest BCUT2D eigenvalue weighted by Crippen LogP contribution is 2.21. The molecule has 0 spiro atoms. The molecular weight excluding hydrogens is 269 g/mol. The summed E-state index contributed by atoms with van der Waals surface area (Å²) >= 11 is 0. The Morgan fingerprint density at radius 2 is 2.00 bits per heavy atom. The fourth-order valence-electron chi connectivity index (χ4n) is 2.92. The number of hydrogen-bond donors (Lipinski definition) is 1. The van der Waals surface area contributed by atoms with Crippen LogP contribution in [0.3, 0.4) is 0 Å². The molecular formula is C16H20FN3O. The summed E-state index contributed by atoms with van der Waals surface area (Å²) in [5.74, 6) is -0.244. The van der Waals surface area contributed by atoms with Gasteiger partial charge in [-0.2, -0.15) is 5.10 Å². The second-order valence-electron chi connectivity index (χ2n) is 5.72. The first-order chi connectivity index (χ1) is 10.0. The number of likely N-dealkylation sites (tertiary alicyclic amines) is 1. The van der Waals surface area contributed by atoms with Crippen molar-refractivity contribution in [1.82, 2.24) is 14.7 Å². The summed E-state index contributed by atoms with van der Waals surface area (Å²) in [4.78, 5) is 2.25. The fraction of sp³-hybridized carbons (Fsp3) is 0.438. The van der Waals surface area contributed by atoms with E-state index in [1.807, 2.05) is 18.5 Å². The van der Waals surface area contributed by atoms with E-state index in [0.717, 1.165) is 43.1 Å². The lowest BCUT2D eigenvalue weighted by molar-refractivity contribution is 0.174. The number of rotatable bonds is 3. The van der Waals surface area contributed by atoms with Crippen LogP contribution < -0.4 is 0 Å². The largest absolute Gasteiger partial charge is 0.392 e. The van der Waals surface area contributed by atoms with Crippen LogP contribution in [0.1, 0.15) is 23.4 Å². The SMILES string of the molecule is Cc1nn(-c2ccc(F)cc2)c(C)c1CN1CC[C@@H](O)C1. The van der Waals surface area contributed by atoms with E-state index in [1.54, 1.807) is 12.1 Å². The molecule has 0 unspecified atom stereocenters. The monoisotopic (exact) mass is 289 g/mol. The molecule has 1 aliphatic rings. The fourth-order valence-corrected chi connectivity index (χ4v) is 2.92. The molecule has 1 aromatic carbocycles. The molecule has 4 nitrogen and oxygen atoms in total. The predicted octanol–water partition coefficient (Wildman–Crippen LogP) is 2.19. The van der Waals surface area contributed by atoms with Gasteiger partial charge >= 0.3 is 0 Å². The lowest BCUT2D eigenvalue weighted by atomic mass is 10.2. The Bertz CT molecular complexity index is 636. The van der Waals surface area contributed by atoms with Gasteiger partial charge in [0.2, 0.25) is 0 Å². The Kier molecular flexibility index (Phi) is 3.78. The Hall–Kier alpha value is -1.72. The van der Waals surface area contributed by atoms with Crippen molar-refractivity contribution in [1.29, 1.82) is 0 Å². The van der Waals surface area contributed by atoms with Crippen LogP contribution in [-0.2, 0) is 6.54 Å². The Labute approximate surface area is 123 Å². The van der Waals surface area contributed by atoms with Crippen molar-refractivity contribution in [2.24, 2.45) is 0 Å². The highest BCUT2D eigenvalue weighted by molar-refractivity contribution is 5.37. The van der Waals surface area contributed by atoms with Crippen molar-refractivity contribution < 1.29 is 9.50 Å². The number of aryl methyl sites for hydroxylation is 1. The van der Waals surface area contributed by atoms with Gasteiger partial charge in [0.25, 0.3) is 0 Å². The highest BCUT2D eigenvalue weighted by atomic mass is 19.1. The van der Waals surface area contributed by atoms with Crippen LogP contribution in [0.4, 0.5) is 4.39 Å². The maximum Gasteiger partial charge on any atom is 0.123 e. The molecule has 1 N–H and O–H groups in total. The second kappa shape index (κ2) is 5.58. The summed E-state index contributed by atoms with van der Waals surface area (Å²) in [6, 6.07) is 6.36. The van der Waals surface area contributed by atoms with Crippen LogP contribution in [0, 0.1) is 19.7 Å². The first kappa shape index (κ1) is 14.2. The van der Waals surface area contributed by atoms with Gasteiger partial charge in [-0.3, -0.25) is 4.90 Å². The van der Waals surface area contributed by atoms with Crippen LogP contribution in [0.5, 0.6) is 0 Å². The predicted molar refractivity (Wildman–Crippen MR) is 78.9 cm³/mol. The number of aliphatic hydroxyl groups excluding tert-OH is 1. The third-order valence-corrected chi connectivity index (χ3v) is 4.14. The van der Waals surface area contributed by atoms with Gasteiger partial charge in [0.15, 0.2) is 0 Å². The molecule has 112 valence electrons. The number of β-amino-alcohol motifs (C(OH)–C–C–N with tert-alkyl or cyclic N) is 1. The number of hydrogen-bond acceptors (Lipinski definition) is 3. The number of halogens is 1. The van der Waals surface area contributed by atoms with E-state index in [9.17, 15) is 9.50 Å². The average Bonchev–Trinajstić information content (AvgIpc) is 2.98. The van der Waals surface area contributed by atoms with E-state index < -0.39 is 0 Å². The molecule has 0 radical (unpaired) electrons. The molecule has 0 aliphatic carbocycles. The van der Waals surface area contributed by atoms with E-state index in [2.05, 4.69) is 10.00 Å². The maximum atomic E-state index is 13.0. The van der Waals surface area contributed by atoms with Gasteiger partial charge in [-0.25, -0.2) is 9.07 Å². The average molecular weight is 289 g/mol. The summed E-state index contributed by atoms with van der Waals surface area (Å²) in [5, 5.41) is 14.2. The molecule has 0 amide bonds. The molecule has 3 rings (SSSR count). The van der Waals surface area contributed by atoms with Gasteiger partial charge < -0.3 is 5.11 Å². The molecule has 5 heteroatoms. The zero-order chi connectivity index (χ0) is 15.0. The van der Waals surface area contributed by atoms with Crippen molar-refractivity contribution in [3.8, 4) is 5.69 Å². The van der Waals surface area contributed by atoms with Gasteiger partial charge in [0.1, 0.15) is 5.82 Å². The maximum absolute atomic E-state index is 13.0. The van der Waals surface area contributed by atoms with Crippen molar-refractivity contribution in [2.45, 2.75) is 32.9 Å². The van der Waals surface area contributed by atoms with Crippen molar-refractivity contribution in [2.75, 3.05) is 13.1 Å². The van der Waals surface area contributed by atoms with E-state index in [-0.39, 0.29) is 11.9 Å². The van der Waals surface area contributed by atoms with Gasteiger partial charge in [0, 0.05) is 30.9 Å².